The second-order valence-electron chi connectivity index (χ2n) is 9.77. The molecule has 0 bridgehead atoms. The van der Waals surface area contributed by atoms with Crippen LogP contribution >= 0.6 is 0 Å². The van der Waals surface area contributed by atoms with Gasteiger partial charge in [-0.1, -0.05) is 63.2 Å². The maximum atomic E-state index is 11.4. The second-order valence-corrected chi connectivity index (χ2v) is 9.77. The van der Waals surface area contributed by atoms with Crippen LogP contribution in [0.15, 0.2) is 48.5 Å². The Bertz CT molecular complexity index is 861. The highest BCUT2D eigenvalue weighted by molar-refractivity contribution is 5.72. The standard InChI is InChI=1S/C26H36N2O3/c1-18(29)27-17-24(30)23(15-19-8-6-5-7-9-19)28-22-12-13-31-25-11-10-20(14-21(22)25)16-26(2,3)4/h5-11,14,22-24,28,30H,12-13,15-17H2,1-4H3,(H,27,29)/t22-,23?,24+/m0/s1. The average Bonchev–Trinajstić information content (AvgIpc) is 2.71. The van der Waals surface area contributed by atoms with Gasteiger partial charge in [-0.2, -0.15) is 0 Å². The zero-order valence-corrected chi connectivity index (χ0v) is 19.2. The van der Waals surface area contributed by atoms with E-state index in [9.17, 15) is 9.90 Å². The molecule has 1 aliphatic heterocycles. The van der Waals surface area contributed by atoms with Gasteiger partial charge >= 0.3 is 0 Å². The zero-order valence-electron chi connectivity index (χ0n) is 19.2. The number of amides is 1. The SMILES string of the molecule is CC(=O)NC[C@@H](O)C(Cc1ccccc1)N[C@H]1CCOc2ccc(CC(C)(C)C)cc21. The number of carbonyl (C=O) groups excluding carboxylic acids is 1. The van der Waals surface area contributed by atoms with E-state index in [1.165, 1.54) is 12.5 Å². The van der Waals surface area contributed by atoms with Crippen molar-refractivity contribution in [2.24, 2.45) is 5.41 Å². The zero-order chi connectivity index (χ0) is 22.4. The van der Waals surface area contributed by atoms with E-state index < -0.39 is 6.10 Å². The molecule has 0 saturated heterocycles. The van der Waals surface area contributed by atoms with Gasteiger partial charge in [-0.15, -0.1) is 0 Å². The lowest BCUT2D eigenvalue weighted by molar-refractivity contribution is -0.119. The molecule has 2 aromatic carbocycles. The van der Waals surface area contributed by atoms with Crippen LogP contribution in [-0.4, -0.2) is 36.3 Å². The summed E-state index contributed by atoms with van der Waals surface area (Å²) in [7, 11) is 0. The Hall–Kier alpha value is -2.37. The second kappa shape index (κ2) is 10.3. The number of benzene rings is 2. The predicted octanol–water partition coefficient (Wildman–Crippen LogP) is 3.80. The molecule has 168 valence electrons. The van der Waals surface area contributed by atoms with Crippen molar-refractivity contribution in [2.45, 2.75) is 65.1 Å². The first-order valence-electron chi connectivity index (χ1n) is 11.2. The summed E-state index contributed by atoms with van der Waals surface area (Å²) in [6.45, 7) is 9.06. The molecule has 1 heterocycles. The Balaban J connectivity index is 1.81. The normalized spacial score (nSPS) is 17.9. The molecule has 2 aromatic rings. The Morgan fingerprint density at radius 3 is 2.58 bits per heavy atom. The molecule has 5 heteroatoms. The maximum absolute atomic E-state index is 11.4. The first kappa shape index (κ1) is 23.3. The van der Waals surface area contributed by atoms with Crippen LogP contribution in [0, 0.1) is 5.41 Å². The topological polar surface area (TPSA) is 70.6 Å². The summed E-state index contributed by atoms with van der Waals surface area (Å²) in [6, 6.07) is 16.5. The number of ether oxygens (including phenoxy) is 1. The van der Waals surface area contributed by atoms with Crippen LogP contribution < -0.4 is 15.4 Å². The molecular weight excluding hydrogens is 388 g/mol. The maximum Gasteiger partial charge on any atom is 0.216 e. The summed E-state index contributed by atoms with van der Waals surface area (Å²) in [6.07, 6.45) is 1.80. The van der Waals surface area contributed by atoms with Crippen molar-refractivity contribution in [1.29, 1.82) is 0 Å². The van der Waals surface area contributed by atoms with Gasteiger partial charge in [0.2, 0.25) is 5.91 Å². The Kier molecular flexibility index (Phi) is 7.74. The fourth-order valence-corrected chi connectivity index (χ4v) is 4.16. The number of carbonyl (C=O) groups is 1. The van der Waals surface area contributed by atoms with Gasteiger partial charge in [0.1, 0.15) is 5.75 Å². The van der Waals surface area contributed by atoms with Crippen molar-refractivity contribution in [3.8, 4) is 5.75 Å². The monoisotopic (exact) mass is 424 g/mol. The molecule has 0 aromatic heterocycles. The number of hydrogen-bond acceptors (Lipinski definition) is 4. The van der Waals surface area contributed by atoms with Crippen LogP contribution in [0.5, 0.6) is 5.75 Å². The summed E-state index contributed by atoms with van der Waals surface area (Å²) < 4.78 is 5.92. The minimum Gasteiger partial charge on any atom is -0.493 e. The van der Waals surface area contributed by atoms with Gasteiger partial charge in [0.15, 0.2) is 0 Å². The van der Waals surface area contributed by atoms with Crippen LogP contribution in [0.4, 0.5) is 0 Å². The lowest BCUT2D eigenvalue weighted by Gasteiger charge is -2.33. The molecule has 0 aliphatic carbocycles. The van der Waals surface area contributed by atoms with E-state index in [2.05, 4.69) is 61.7 Å². The van der Waals surface area contributed by atoms with Gasteiger partial charge in [-0.05, 0) is 35.4 Å². The summed E-state index contributed by atoms with van der Waals surface area (Å²) in [5.74, 6) is 0.775. The summed E-state index contributed by atoms with van der Waals surface area (Å²) in [4.78, 5) is 11.4. The molecule has 3 rings (SSSR count). The predicted molar refractivity (Wildman–Crippen MR) is 124 cm³/mol. The number of nitrogens with one attached hydrogen (secondary N) is 2. The van der Waals surface area contributed by atoms with Gasteiger partial charge in [0.25, 0.3) is 0 Å². The van der Waals surface area contributed by atoms with E-state index in [1.54, 1.807) is 0 Å². The van der Waals surface area contributed by atoms with E-state index in [1.807, 2.05) is 18.2 Å². The van der Waals surface area contributed by atoms with Crippen LogP contribution in [-0.2, 0) is 17.6 Å². The van der Waals surface area contributed by atoms with Crippen molar-refractivity contribution in [2.75, 3.05) is 13.2 Å². The third-order valence-electron chi connectivity index (χ3n) is 5.59. The van der Waals surface area contributed by atoms with E-state index >= 15 is 0 Å². The van der Waals surface area contributed by atoms with Gasteiger partial charge in [-0.25, -0.2) is 0 Å². The summed E-state index contributed by atoms with van der Waals surface area (Å²) in [5, 5.41) is 17.3. The fourth-order valence-electron chi connectivity index (χ4n) is 4.16. The number of aliphatic hydroxyl groups excluding tert-OH is 1. The third kappa shape index (κ3) is 7.08. The van der Waals surface area contributed by atoms with Crippen LogP contribution in [0.3, 0.4) is 0 Å². The summed E-state index contributed by atoms with van der Waals surface area (Å²) in [5.41, 5.74) is 3.80. The highest BCUT2D eigenvalue weighted by Crippen LogP contribution is 2.35. The quantitative estimate of drug-likeness (QED) is 0.603. The van der Waals surface area contributed by atoms with Crippen LogP contribution in [0.2, 0.25) is 0 Å². The molecular formula is C26H36N2O3. The van der Waals surface area contributed by atoms with Crippen molar-refractivity contribution in [3.05, 3.63) is 65.2 Å². The molecule has 5 nitrogen and oxygen atoms in total. The third-order valence-corrected chi connectivity index (χ3v) is 5.59. The number of fused-ring (bicyclic) bond motifs is 1. The van der Waals surface area contributed by atoms with Crippen LogP contribution in [0.1, 0.15) is 56.8 Å². The molecule has 1 aliphatic rings. The van der Waals surface area contributed by atoms with Gasteiger partial charge in [-0.3, -0.25) is 4.79 Å². The van der Waals surface area contributed by atoms with Crippen molar-refractivity contribution < 1.29 is 14.6 Å². The van der Waals surface area contributed by atoms with Crippen LogP contribution in [0.25, 0.3) is 0 Å². The van der Waals surface area contributed by atoms with Gasteiger partial charge in [0, 0.05) is 37.5 Å². The highest BCUT2D eigenvalue weighted by atomic mass is 16.5. The van der Waals surface area contributed by atoms with Crippen molar-refractivity contribution in [1.82, 2.24) is 10.6 Å². The number of rotatable bonds is 8. The van der Waals surface area contributed by atoms with E-state index in [4.69, 9.17) is 4.74 Å². The number of hydrogen-bond donors (Lipinski definition) is 3. The van der Waals surface area contributed by atoms with E-state index in [0.717, 1.165) is 29.7 Å². The Morgan fingerprint density at radius 1 is 1.16 bits per heavy atom. The Labute approximate surface area is 186 Å². The minimum absolute atomic E-state index is 0.0874. The highest BCUT2D eigenvalue weighted by Gasteiger charge is 2.28. The average molecular weight is 425 g/mol. The summed E-state index contributed by atoms with van der Waals surface area (Å²) >= 11 is 0. The van der Waals surface area contributed by atoms with Gasteiger partial charge in [0.05, 0.1) is 12.7 Å². The molecule has 1 unspecified atom stereocenters. The van der Waals surface area contributed by atoms with E-state index in [-0.39, 0.29) is 30.0 Å². The fraction of sp³-hybridized carbons (Fsp3) is 0.500. The molecule has 3 atom stereocenters. The molecule has 0 spiro atoms. The first-order valence-corrected chi connectivity index (χ1v) is 11.2. The minimum atomic E-state index is -0.701. The van der Waals surface area contributed by atoms with Crippen molar-refractivity contribution in [3.63, 3.8) is 0 Å². The van der Waals surface area contributed by atoms with Gasteiger partial charge < -0.3 is 20.5 Å². The molecule has 0 fully saturated rings. The molecule has 0 radical (unpaired) electrons. The lowest BCUT2D eigenvalue weighted by Crippen LogP contribution is -2.49. The largest absolute Gasteiger partial charge is 0.493 e. The molecule has 3 N–H and O–H groups in total. The van der Waals surface area contributed by atoms with E-state index in [0.29, 0.717) is 13.0 Å². The Morgan fingerprint density at radius 2 is 1.90 bits per heavy atom. The number of aliphatic hydroxyl groups is 1. The molecule has 1 amide bonds. The molecule has 0 saturated carbocycles. The smallest absolute Gasteiger partial charge is 0.216 e. The van der Waals surface area contributed by atoms with Crippen molar-refractivity contribution >= 4 is 5.91 Å². The lowest BCUT2D eigenvalue weighted by atomic mass is 9.86. The molecule has 31 heavy (non-hydrogen) atoms. The first-order chi connectivity index (χ1) is 14.7.